The van der Waals surface area contributed by atoms with Gasteiger partial charge in [-0.2, -0.15) is 10.2 Å². The SMILES string of the molecule is COc1cc(/C=N/NC(=O)Cn2nc(C)c([N+](=O)[O-])c2C)ccc1OC(=O)c1ccc(C)cc1. The number of ether oxygens (including phenoxy) is 2. The zero-order valence-electron chi connectivity index (χ0n) is 19.1. The highest BCUT2D eigenvalue weighted by molar-refractivity contribution is 5.91. The Labute approximate surface area is 195 Å². The number of methoxy groups -OCH3 is 1. The van der Waals surface area contributed by atoms with Crippen molar-refractivity contribution in [1.82, 2.24) is 15.2 Å². The van der Waals surface area contributed by atoms with E-state index < -0.39 is 16.8 Å². The summed E-state index contributed by atoms with van der Waals surface area (Å²) >= 11 is 0. The van der Waals surface area contributed by atoms with Crippen LogP contribution in [-0.4, -0.2) is 39.9 Å². The van der Waals surface area contributed by atoms with Crippen LogP contribution in [0.1, 0.15) is 32.9 Å². The highest BCUT2D eigenvalue weighted by Gasteiger charge is 2.22. The first-order valence-electron chi connectivity index (χ1n) is 10.2. The van der Waals surface area contributed by atoms with Gasteiger partial charge >= 0.3 is 11.7 Å². The van der Waals surface area contributed by atoms with Crippen LogP contribution in [0, 0.1) is 30.9 Å². The lowest BCUT2D eigenvalue weighted by Gasteiger charge is -2.10. The number of carbonyl (C=O) groups is 2. The van der Waals surface area contributed by atoms with Gasteiger partial charge in [-0.25, -0.2) is 10.2 Å². The van der Waals surface area contributed by atoms with Crippen LogP contribution in [-0.2, 0) is 11.3 Å². The molecule has 0 spiro atoms. The van der Waals surface area contributed by atoms with Crippen molar-refractivity contribution >= 4 is 23.8 Å². The third-order valence-electron chi connectivity index (χ3n) is 4.90. The van der Waals surface area contributed by atoms with E-state index in [0.29, 0.717) is 16.9 Å². The van der Waals surface area contributed by atoms with Gasteiger partial charge in [-0.15, -0.1) is 0 Å². The summed E-state index contributed by atoms with van der Waals surface area (Å²) in [6, 6.07) is 11.8. The maximum absolute atomic E-state index is 12.4. The van der Waals surface area contributed by atoms with E-state index in [0.717, 1.165) is 5.56 Å². The number of rotatable bonds is 8. The van der Waals surface area contributed by atoms with Gasteiger partial charge in [0, 0.05) is 0 Å². The van der Waals surface area contributed by atoms with E-state index in [1.165, 1.54) is 31.9 Å². The van der Waals surface area contributed by atoms with Gasteiger partial charge in [-0.1, -0.05) is 17.7 Å². The van der Waals surface area contributed by atoms with Gasteiger partial charge in [0.05, 0.1) is 23.8 Å². The number of hydrogen-bond donors (Lipinski definition) is 1. The number of hydrazone groups is 1. The highest BCUT2D eigenvalue weighted by atomic mass is 16.6. The average Bonchev–Trinajstić information content (AvgIpc) is 3.07. The van der Waals surface area contributed by atoms with Gasteiger partial charge < -0.3 is 9.47 Å². The predicted molar refractivity (Wildman–Crippen MR) is 123 cm³/mol. The molecule has 0 saturated heterocycles. The largest absolute Gasteiger partial charge is 0.493 e. The normalized spacial score (nSPS) is 10.8. The van der Waals surface area contributed by atoms with E-state index in [1.807, 2.05) is 19.1 Å². The van der Waals surface area contributed by atoms with E-state index in [4.69, 9.17) is 9.47 Å². The van der Waals surface area contributed by atoms with Gasteiger partial charge in [-0.05, 0) is 56.7 Å². The summed E-state index contributed by atoms with van der Waals surface area (Å²) in [4.78, 5) is 35.1. The van der Waals surface area contributed by atoms with Gasteiger partial charge in [0.2, 0.25) is 0 Å². The Kier molecular flexibility index (Phi) is 7.36. The van der Waals surface area contributed by atoms with Crippen LogP contribution in [0.4, 0.5) is 5.69 Å². The summed E-state index contributed by atoms with van der Waals surface area (Å²) in [6.07, 6.45) is 1.38. The van der Waals surface area contributed by atoms with Gasteiger partial charge in [0.15, 0.2) is 11.5 Å². The Hall–Kier alpha value is -4.54. The molecule has 0 fully saturated rings. The summed E-state index contributed by atoms with van der Waals surface area (Å²) in [5.74, 6) is -0.477. The molecule has 0 atom stereocenters. The Bertz CT molecular complexity index is 1260. The van der Waals surface area contributed by atoms with Crippen LogP contribution < -0.4 is 14.9 Å². The summed E-state index contributed by atoms with van der Waals surface area (Å²) in [5, 5.41) is 19.0. The van der Waals surface area contributed by atoms with E-state index in [-0.39, 0.29) is 29.4 Å². The first-order chi connectivity index (χ1) is 16.2. The Morgan fingerprint density at radius 1 is 1.15 bits per heavy atom. The minimum absolute atomic E-state index is 0.119. The second kappa shape index (κ2) is 10.4. The zero-order chi connectivity index (χ0) is 24.8. The number of hydrogen-bond acceptors (Lipinski definition) is 8. The zero-order valence-corrected chi connectivity index (χ0v) is 19.1. The lowest BCUT2D eigenvalue weighted by Crippen LogP contribution is -2.24. The first-order valence-corrected chi connectivity index (χ1v) is 10.2. The smallest absolute Gasteiger partial charge is 0.343 e. The fourth-order valence-corrected chi connectivity index (χ4v) is 3.15. The van der Waals surface area contributed by atoms with Crippen LogP contribution in [0.2, 0.25) is 0 Å². The number of aromatic nitrogens is 2. The van der Waals surface area contributed by atoms with Gasteiger partial charge in [0.1, 0.15) is 17.9 Å². The standard InChI is InChI=1S/C23H23N5O6/c1-14-5-8-18(9-6-14)23(30)34-19-10-7-17(11-20(19)33-4)12-24-25-21(29)13-27-16(3)22(28(31)32)15(2)26-27/h5-12H,13H2,1-4H3,(H,25,29)/b24-12+. The summed E-state index contributed by atoms with van der Waals surface area (Å²) in [7, 11) is 1.44. The maximum atomic E-state index is 12.4. The molecule has 0 aliphatic carbocycles. The van der Waals surface area contributed by atoms with E-state index in [9.17, 15) is 19.7 Å². The molecule has 34 heavy (non-hydrogen) atoms. The quantitative estimate of drug-likeness (QED) is 0.177. The molecule has 11 nitrogen and oxygen atoms in total. The number of carbonyl (C=O) groups excluding carboxylic acids is 2. The first kappa shape index (κ1) is 24.1. The lowest BCUT2D eigenvalue weighted by atomic mass is 10.1. The number of aryl methyl sites for hydroxylation is 2. The molecule has 11 heteroatoms. The molecular formula is C23H23N5O6. The molecule has 0 aliphatic rings. The van der Waals surface area contributed by atoms with Crippen LogP contribution in [0.25, 0.3) is 0 Å². The Balaban J connectivity index is 1.63. The molecule has 1 aromatic heterocycles. The minimum Gasteiger partial charge on any atom is -0.493 e. The van der Waals surface area contributed by atoms with Crippen LogP contribution in [0.3, 0.4) is 0 Å². The molecule has 0 bridgehead atoms. The fourth-order valence-electron chi connectivity index (χ4n) is 3.15. The topological polar surface area (TPSA) is 138 Å². The van der Waals surface area contributed by atoms with Crippen molar-refractivity contribution < 1.29 is 24.0 Å². The minimum atomic E-state index is -0.528. The van der Waals surface area contributed by atoms with Crippen molar-refractivity contribution in [3.63, 3.8) is 0 Å². The highest BCUT2D eigenvalue weighted by Crippen LogP contribution is 2.28. The number of nitrogens with one attached hydrogen (secondary N) is 1. The number of nitro groups is 1. The summed E-state index contributed by atoms with van der Waals surface area (Å²) in [5.41, 5.74) is 4.76. The second-order valence-electron chi connectivity index (χ2n) is 7.39. The second-order valence-corrected chi connectivity index (χ2v) is 7.39. The fraction of sp³-hybridized carbons (Fsp3) is 0.217. The molecule has 0 saturated carbocycles. The molecule has 176 valence electrons. The van der Waals surface area contributed by atoms with E-state index >= 15 is 0 Å². The molecule has 3 rings (SSSR count). The van der Waals surface area contributed by atoms with Crippen molar-refractivity contribution in [2.75, 3.05) is 7.11 Å². The number of esters is 1. The van der Waals surface area contributed by atoms with Crippen LogP contribution in [0.15, 0.2) is 47.6 Å². The van der Waals surface area contributed by atoms with Crippen molar-refractivity contribution in [3.05, 3.63) is 80.7 Å². The predicted octanol–water partition coefficient (Wildman–Crippen LogP) is 3.09. The van der Waals surface area contributed by atoms with Crippen molar-refractivity contribution in [2.45, 2.75) is 27.3 Å². The lowest BCUT2D eigenvalue weighted by molar-refractivity contribution is -0.386. The van der Waals surface area contributed by atoms with E-state index in [1.54, 1.807) is 30.3 Å². The molecule has 1 N–H and O–H groups in total. The van der Waals surface area contributed by atoms with Gasteiger partial charge in [-0.3, -0.25) is 19.6 Å². The van der Waals surface area contributed by atoms with Gasteiger partial charge in [0.25, 0.3) is 5.91 Å². The third-order valence-corrected chi connectivity index (χ3v) is 4.90. The molecular weight excluding hydrogens is 442 g/mol. The number of benzene rings is 2. The molecule has 0 unspecified atom stereocenters. The number of amides is 1. The third kappa shape index (κ3) is 5.63. The van der Waals surface area contributed by atoms with Crippen LogP contribution in [0.5, 0.6) is 11.5 Å². The van der Waals surface area contributed by atoms with Crippen molar-refractivity contribution in [1.29, 1.82) is 0 Å². The maximum Gasteiger partial charge on any atom is 0.343 e. The van der Waals surface area contributed by atoms with E-state index in [2.05, 4.69) is 15.6 Å². The Morgan fingerprint density at radius 2 is 1.85 bits per heavy atom. The molecule has 0 aliphatic heterocycles. The summed E-state index contributed by atoms with van der Waals surface area (Å²) < 4.78 is 12.0. The number of nitrogens with zero attached hydrogens (tertiary/aromatic N) is 4. The average molecular weight is 465 g/mol. The van der Waals surface area contributed by atoms with Crippen molar-refractivity contribution in [2.24, 2.45) is 5.10 Å². The monoisotopic (exact) mass is 465 g/mol. The Morgan fingerprint density at radius 3 is 2.47 bits per heavy atom. The van der Waals surface area contributed by atoms with Crippen molar-refractivity contribution in [3.8, 4) is 11.5 Å². The molecule has 0 radical (unpaired) electrons. The van der Waals surface area contributed by atoms with Crippen LogP contribution >= 0.6 is 0 Å². The summed E-state index contributed by atoms with van der Waals surface area (Å²) in [6.45, 7) is 4.72. The molecule has 1 amide bonds. The molecule has 3 aromatic rings. The molecule has 2 aromatic carbocycles. The molecule has 1 heterocycles.